The second kappa shape index (κ2) is 8.26. The number of hydrogen-bond donors (Lipinski definition) is 2. The summed E-state index contributed by atoms with van der Waals surface area (Å²) in [6.07, 6.45) is 1.69. The van der Waals surface area contributed by atoms with Crippen LogP contribution in [0.4, 0.5) is 11.8 Å². The van der Waals surface area contributed by atoms with Gasteiger partial charge in [-0.2, -0.15) is 10.1 Å². The Hall–Kier alpha value is -2.92. The summed E-state index contributed by atoms with van der Waals surface area (Å²) in [5, 5.41) is 8.10. The number of aromatic nitrogens is 2. The van der Waals surface area contributed by atoms with Gasteiger partial charge >= 0.3 is 0 Å². The fourth-order valence-electron chi connectivity index (χ4n) is 2.24. The Balaban J connectivity index is 1.64. The summed E-state index contributed by atoms with van der Waals surface area (Å²) < 4.78 is 0. The Labute approximate surface area is 151 Å². The number of hydrazone groups is 1. The highest BCUT2D eigenvalue weighted by Gasteiger charge is 2.01. The van der Waals surface area contributed by atoms with Gasteiger partial charge in [-0.25, -0.2) is 4.98 Å². The average Bonchev–Trinajstić information content (AvgIpc) is 2.61. The fraction of sp³-hybridized carbons (Fsp3) is 0.105. The van der Waals surface area contributed by atoms with Gasteiger partial charge in [-0.15, -0.1) is 0 Å². The van der Waals surface area contributed by atoms with Gasteiger partial charge in [-0.05, 0) is 30.2 Å². The molecule has 0 saturated heterocycles. The zero-order valence-corrected chi connectivity index (χ0v) is 14.5. The standard InChI is InChI=1S/C19H18ClN5/c1-14-10-18(25-22-13-16-8-5-9-17(20)11-16)24-19(23-14)21-12-15-6-3-2-4-7-15/h2-11,13H,12H2,1H3,(H2,21,23,24,25)/b22-13+. The molecule has 3 aromatic rings. The van der Waals surface area contributed by atoms with Crippen molar-refractivity contribution in [1.29, 1.82) is 0 Å². The number of aryl methyl sites for hydroxylation is 1. The van der Waals surface area contributed by atoms with E-state index in [0.717, 1.165) is 11.3 Å². The van der Waals surface area contributed by atoms with E-state index < -0.39 is 0 Å². The van der Waals surface area contributed by atoms with Crippen LogP contribution in [0.2, 0.25) is 5.02 Å². The lowest BCUT2D eigenvalue weighted by Crippen LogP contribution is -2.06. The SMILES string of the molecule is Cc1cc(N/N=C/c2cccc(Cl)c2)nc(NCc2ccccc2)n1. The number of nitrogens with zero attached hydrogens (tertiary/aromatic N) is 3. The van der Waals surface area contributed by atoms with E-state index in [1.54, 1.807) is 6.21 Å². The van der Waals surface area contributed by atoms with Crippen LogP contribution in [0.3, 0.4) is 0 Å². The van der Waals surface area contributed by atoms with Gasteiger partial charge in [0, 0.05) is 23.3 Å². The third-order valence-corrected chi connectivity index (χ3v) is 3.62. The van der Waals surface area contributed by atoms with E-state index in [2.05, 4.69) is 37.9 Å². The first-order chi connectivity index (χ1) is 12.2. The van der Waals surface area contributed by atoms with Gasteiger partial charge in [0.05, 0.1) is 6.21 Å². The van der Waals surface area contributed by atoms with E-state index in [-0.39, 0.29) is 0 Å². The number of nitrogens with one attached hydrogen (secondary N) is 2. The molecule has 0 aliphatic heterocycles. The first-order valence-electron chi connectivity index (χ1n) is 7.87. The zero-order valence-electron chi connectivity index (χ0n) is 13.8. The molecule has 0 amide bonds. The first kappa shape index (κ1) is 16.9. The maximum Gasteiger partial charge on any atom is 0.225 e. The number of benzene rings is 2. The molecule has 0 saturated carbocycles. The molecule has 2 aromatic carbocycles. The Kier molecular flexibility index (Phi) is 5.59. The maximum absolute atomic E-state index is 5.96. The summed E-state index contributed by atoms with van der Waals surface area (Å²) in [5.41, 5.74) is 5.86. The smallest absolute Gasteiger partial charge is 0.225 e. The van der Waals surface area contributed by atoms with Crippen LogP contribution in [-0.2, 0) is 6.54 Å². The summed E-state index contributed by atoms with van der Waals surface area (Å²) in [7, 11) is 0. The van der Waals surface area contributed by atoms with Crippen LogP contribution < -0.4 is 10.7 Å². The summed E-state index contributed by atoms with van der Waals surface area (Å²) in [6, 6.07) is 19.4. The van der Waals surface area contributed by atoms with Crippen LogP contribution >= 0.6 is 11.6 Å². The molecule has 3 rings (SSSR count). The van der Waals surface area contributed by atoms with Crippen LogP contribution in [0.5, 0.6) is 0 Å². The molecule has 0 spiro atoms. The van der Waals surface area contributed by atoms with Crippen molar-refractivity contribution in [2.75, 3.05) is 10.7 Å². The Morgan fingerprint density at radius 3 is 2.68 bits per heavy atom. The van der Waals surface area contributed by atoms with Crippen molar-refractivity contribution in [2.24, 2.45) is 5.10 Å². The van der Waals surface area contributed by atoms with Crippen molar-refractivity contribution in [3.63, 3.8) is 0 Å². The predicted molar refractivity (Wildman–Crippen MR) is 103 cm³/mol. The predicted octanol–water partition coefficient (Wildman–Crippen LogP) is 4.50. The minimum atomic E-state index is 0.560. The largest absolute Gasteiger partial charge is 0.350 e. The fourth-order valence-corrected chi connectivity index (χ4v) is 2.44. The highest BCUT2D eigenvalue weighted by molar-refractivity contribution is 6.30. The van der Waals surface area contributed by atoms with Crippen molar-refractivity contribution < 1.29 is 0 Å². The Morgan fingerprint density at radius 2 is 1.88 bits per heavy atom. The lowest BCUT2D eigenvalue weighted by molar-refractivity contribution is 1.02. The van der Waals surface area contributed by atoms with Crippen molar-refractivity contribution >= 4 is 29.6 Å². The third-order valence-electron chi connectivity index (χ3n) is 3.39. The molecule has 0 aliphatic rings. The molecule has 5 nitrogen and oxygen atoms in total. The lowest BCUT2D eigenvalue weighted by Gasteiger charge is -2.08. The normalized spacial score (nSPS) is 10.8. The third kappa shape index (κ3) is 5.29. The van der Waals surface area contributed by atoms with Crippen LogP contribution in [-0.4, -0.2) is 16.2 Å². The number of anilines is 2. The van der Waals surface area contributed by atoms with Gasteiger partial charge in [0.15, 0.2) is 5.82 Å². The highest BCUT2D eigenvalue weighted by Crippen LogP contribution is 2.12. The van der Waals surface area contributed by atoms with Crippen LogP contribution in [0.15, 0.2) is 65.8 Å². The van der Waals surface area contributed by atoms with Crippen LogP contribution in [0, 0.1) is 6.92 Å². The van der Waals surface area contributed by atoms with Crippen LogP contribution in [0.1, 0.15) is 16.8 Å². The number of halogens is 1. The minimum absolute atomic E-state index is 0.560. The monoisotopic (exact) mass is 351 g/mol. The van der Waals surface area contributed by atoms with Crippen LogP contribution in [0.25, 0.3) is 0 Å². The maximum atomic E-state index is 5.96. The molecule has 25 heavy (non-hydrogen) atoms. The van der Waals surface area contributed by atoms with Gasteiger partial charge in [0.25, 0.3) is 0 Å². The summed E-state index contributed by atoms with van der Waals surface area (Å²) in [5.74, 6) is 1.19. The van der Waals surface area contributed by atoms with Gasteiger partial charge in [0.2, 0.25) is 5.95 Å². The summed E-state index contributed by atoms with van der Waals surface area (Å²) >= 11 is 5.96. The van der Waals surface area contributed by atoms with E-state index in [1.807, 2.05) is 55.5 Å². The second-order valence-electron chi connectivity index (χ2n) is 5.48. The highest BCUT2D eigenvalue weighted by atomic mass is 35.5. The first-order valence-corrected chi connectivity index (χ1v) is 8.25. The van der Waals surface area contributed by atoms with E-state index >= 15 is 0 Å². The molecular formula is C19H18ClN5. The molecular weight excluding hydrogens is 334 g/mol. The molecule has 0 unspecified atom stereocenters. The molecule has 1 aromatic heterocycles. The van der Waals surface area contributed by atoms with Gasteiger partial charge < -0.3 is 5.32 Å². The second-order valence-corrected chi connectivity index (χ2v) is 5.92. The Bertz CT molecular complexity index is 865. The molecule has 0 bridgehead atoms. The van der Waals surface area contributed by atoms with E-state index in [1.165, 1.54) is 5.56 Å². The minimum Gasteiger partial charge on any atom is -0.350 e. The molecule has 2 N–H and O–H groups in total. The quantitative estimate of drug-likeness (QED) is 0.507. The lowest BCUT2D eigenvalue weighted by atomic mass is 10.2. The molecule has 1 heterocycles. The molecule has 6 heteroatoms. The van der Waals surface area contributed by atoms with Crippen molar-refractivity contribution in [3.05, 3.63) is 82.5 Å². The Morgan fingerprint density at radius 1 is 1.04 bits per heavy atom. The van der Waals surface area contributed by atoms with Gasteiger partial charge in [0.1, 0.15) is 0 Å². The van der Waals surface area contributed by atoms with Gasteiger partial charge in [-0.1, -0.05) is 54.1 Å². The molecule has 0 atom stereocenters. The average molecular weight is 352 g/mol. The van der Waals surface area contributed by atoms with Crippen molar-refractivity contribution in [3.8, 4) is 0 Å². The van der Waals surface area contributed by atoms with Crippen molar-refractivity contribution in [2.45, 2.75) is 13.5 Å². The molecule has 0 aliphatic carbocycles. The topological polar surface area (TPSA) is 62.2 Å². The number of rotatable bonds is 6. The molecule has 0 radical (unpaired) electrons. The molecule has 126 valence electrons. The zero-order chi connectivity index (χ0) is 17.5. The number of hydrogen-bond acceptors (Lipinski definition) is 5. The van der Waals surface area contributed by atoms with Crippen molar-refractivity contribution in [1.82, 2.24) is 9.97 Å². The van der Waals surface area contributed by atoms with Gasteiger partial charge in [-0.3, -0.25) is 5.43 Å². The molecule has 0 fully saturated rings. The van der Waals surface area contributed by atoms with E-state index in [9.17, 15) is 0 Å². The van der Waals surface area contributed by atoms with E-state index in [4.69, 9.17) is 11.6 Å². The van der Waals surface area contributed by atoms with E-state index in [0.29, 0.717) is 23.3 Å². The summed E-state index contributed by atoms with van der Waals surface area (Å²) in [6.45, 7) is 2.58. The summed E-state index contributed by atoms with van der Waals surface area (Å²) in [4.78, 5) is 8.82.